The molecule has 11 heteroatoms. The Kier molecular flexibility index (Phi) is 8.84. The average Bonchev–Trinajstić information content (AvgIpc) is 3.69. The molecule has 2 saturated heterocycles. The lowest BCUT2D eigenvalue weighted by molar-refractivity contribution is -0.150. The number of para-hydroxylation sites is 1. The van der Waals surface area contributed by atoms with Crippen molar-refractivity contribution >= 4 is 55.3 Å². The Balaban J connectivity index is 1.32. The number of carbonyl (C=O) groups is 3. The summed E-state index contributed by atoms with van der Waals surface area (Å²) in [4.78, 5) is 45.0. The molecule has 3 aliphatic rings. The van der Waals surface area contributed by atoms with Crippen LogP contribution in [0, 0.1) is 5.92 Å². The summed E-state index contributed by atoms with van der Waals surface area (Å²) < 4.78 is 22.9. The Bertz CT molecular complexity index is 1620. The van der Waals surface area contributed by atoms with Crippen LogP contribution in [0.15, 0.2) is 72.8 Å². The number of nitrogens with zero attached hydrogens (tertiary/aromatic N) is 3. The first-order valence-electron chi connectivity index (χ1n) is 15.8. The summed E-state index contributed by atoms with van der Waals surface area (Å²) in [5, 5.41) is 10.2. The molecule has 1 spiro atoms. The van der Waals surface area contributed by atoms with Gasteiger partial charge in [0.2, 0.25) is 20.7 Å². The van der Waals surface area contributed by atoms with Gasteiger partial charge in [0.05, 0.1) is 37.4 Å². The number of rotatable bonds is 9. The van der Waals surface area contributed by atoms with Crippen molar-refractivity contribution in [3.63, 3.8) is 0 Å². The van der Waals surface area contributed by atoms with E-state index in [-0.39, 0.29) is 37.4 Å². The second-order valence-electron chi connectivity index (χ2n) is 13.1. The van der Waals surface area contributed by atoms with Gasteiger partial charge in [0.1, 0.15) is 0 Å². The summed E-state index contributed by atoms with van der Waals surface area (Å²) >= 11 is 6.50. The Morgan fingerprint density at radius 1 is 1.13 bits per heavy atom. The van der Waals surface area contributed by atoms with Gasteiger partial charge in [0, 0.05) is 40.0 Å². The van der Waals surface area contributed by atoms with Gasteiger partial charge in [-0.05, 0) is 74.0 Å². The molecule has 3 aromatic rings. The first kappa shape index (κ1) is 32.4. The molecule has 0 unspecified atom stereocenters. The molecule has 242 valence electrons. The highest BCUT2D eigenvalue weighted by molar-refractivity contribution is 6.72. The largest absolute Gasteiger partial charge is 0.394 e. The number of hydrogen-bond donors (Lipinski definition) is 1. The number of halogens is 2. The lowest BCUT2D eigenvalue weighted by atomic mass is 9.82. The average molecular weight is 664 g/mol. The minimum absolute atomic E-state index is 0.0626. The smallest absolute Gasteiger partial charge is 0.264 e. The molecule has 3 aliphatic heterocycles. The quantitative estimate of drug-likeness (QED) is 0.164. The fourth-order valence-corrected chi connectivity index (χ4v) is 10.5. The van der Waals surface area contributed by atoms with E-state index in [1.54, 1.807) is 46.0 Å². The van der Waals surface area contributed by atoms with Gasteiger partial charge in [0.25, 0.3) is 5.91 Å². The lowest BCUT2D eigenvalue weighted by Gasteiger charge is -2.31. The third-order valence-corrected chi connectivity index (χ3v) is 12.6. The Morgan fingerprint density at radius 3 is 2.48 bits per heavy atom. The van der Waals surface area contributed by atoms with Crippen molar-refractivity contribution in [1.82, 2.24) is 4.90 Å². The Morgan fingerprint density at radius 2 is 1.83 bits per heavy atom. The van der Waals surface area contributed by atoms with Gasteiger partial charge in [-0.1, -0.05) is 48.9 Å². The third-order valence-electron chi connectivity index (χ3n) is 9.90. The summed E-state index contributed by atoms with van der Waals surface area (Å²) in [5.74, 6) is -1.07. The van der Waals surface area contributed by atoms with Crippen LogP contribution in [0.4, 0.5) is 21.2 Å². The number of fused-ring (bicyclic) bond motifs is 2. The number of aliphatic hydroxyl groups excluding tert-OH is 1. The Hall–Kier alpha value is -3.57. The summed E-state index contributed by atoms with van der Waals surface area (Å²) in [7, 11) is -3.47. The number of ether oxygens (including phenoxy) is 1. The zero-order chi connectivity index (χ0) is 32.8. The second kappa shape index (κ2) is 12.6. The van der Waals surface area contributed by atoms with Gasteiger partial charge in [0.15, 0.2) is 5.60 Å². The van der Waals surface area contributed by atoms with Crippen LogP contribution in [-0.4, -0.2) is 61.9 Å². The molecule has 1 N–H and O–H groups in total. The standard InChI is InChI=1S/C35H39ClFN3O5Si/c1-23-33(46(2,3)37)31(19-32(43)38-17-7-10-28(38)21-41)45-35(23)29-18-25(36)13-16-30(29)39(34(35)44)20-24-11-14-27(15-12-24)40(22-42)26-8-5-4-6-9-26/h4-6,8-9,11-16,18,22-23,28,31,33,41H,7,10,17,19-21H2,1-3H3/t23-,28+,31+,33-,35+/m1/s1. The number of anilines is 3. The molecule has 46 heavy (non-hydrogen) atoms. The molecular weight excluding hydrogens is 625 g/mol. The molecule has 0 aliphatic carbocycles. The van der Waals surface area contributed by atoms with Crippen molar-refractivity contribution in [3.05, 3.63) is 88.9 Å². The predicted octanol–water partition coefficient (Wildman–Crippen LogP) is 6.33. The van der Waals surface area contributed by atoms with Crippen LogP contribution in [0.3, 0.4) is 0 Å². The van der Waals surface area contributed by atoms with Gasteiger partial charge in [-0.15, -0.1) is 0 Å². The maximum Gasteiger partial charge on any atom is 0.264 e. The second-order valence-corrected chi connectivity index (χ2v) is 17.3. The fraction of sp³-hybridized carbons (Fsp3) is 0.400. The molecular formula is C35H39ClFN3O5Si. The van der Waals surface area contributed by atoms with E-state index in [1.807, 2.05) is 61.5 Å². The maximum atomic E-state index is 16.2. The normalized spacial score (nSPS) is 25.7. The van der Waals surface area contributed by atoms with Crippen LogP contribution in [0.2, 0.25) is 23.7 Å². The SMILES string of the molecule is C[C@@H]1[C@@H]([Si](C)(C)F)[C@H](CC(=O)N2CCC[C@H]2CO)O[C@@]12C(=O)N(Cc1ccc(N(C=O)c3ccccc3)cc1)c1ccc(Cl)cc12. The van der Waals surface area contributed by atoms with E-state index >= 15 is 4.11 Å². The van der Waals surface area contributed by atoms with Crippen molar-refractivity contribution in [1.29, 1.82) is 0 Å². The van der Waals surface area contributed by atoms with Crippen LogP contribution >= 0.6 is 11.6 Å². The summed E-state index contributed by atoms with van der Waals surface area (Å²) in [6.07, 6.45) is 1.41. The number of hydrogen-bond acceptors (Lipinski definition) is 5. The van der Waals surface area contributed by atoms with Crippen LogP contribution < -0.4 is 9.80 Å². The number of amides is 3. The number of likely N-dealkylation sites (tertiary alicyclic amines) is 1. The van der Waals surface area contributed by atoms with Gasteiger partial charge in [-0.25, -0.2) is 0 Å². The van der Waals surface area contributed by atoms with Crippen LogP contribution in [0.25, 0.3) is 0 Å². The summed E-state index contributed by atoms with van der Waals surface area (Å²) in [5.41, 5.74) is 1.32. The molecule has 0 aromatic heterocycles. The van der Waals surface area contributed by atoms with E-state index in [9.17, 15) is 19.5 Å². The molecule has 0 radical (unpaired) electrons. The van der Waals surface area contributed by atoms with E-state index in [0.717, 1.165) is 30.5 Å². The molecule has 0 bridgehead atoms. The van der Waals surface area contributed by atoms with E-state index < -0.39 is 31.6 Å². The molecule has 3 amide bonds. The summed E-state index contributed by atoms with van der Waals surface area (Å²) in [6.45, 7) is 5.71. The zero-order valence-corrected chi connectivity index (χ0v) is 28.0. The molecule has 3 heterocycles. The van der Waals surface area contributed by atoms with Gasteiger partial charge >= 0.3 is 0 Å². The van der Waals surface area contributed by atoms with Crippen LogP contribution in [0.5, 0.6) is 0 Å². The van der Waals surface area contributed by atoms with Crippen molar-refractivity contribution in [3.8, 4) is 0 Å². The highest BCUT2D eigenvalue weighted by Crippen LogP contribution is 2.60. The molecule has 3 aromatic carbocycles. The van der Waals surface area contributed by atoms with Crippen molar-refractivity contribution in [2.45, 2.75) is 69.1 Å². The summed E-state index contributed by atoms with van der Waals surface area (Å²) in [6, 6.07) is 21.7. The van der Waals surface area contributed by atoms with Gasteiger partial charge in [-0.2, -0.15) is 0 Å². The van der Waals surface area contributed by atoms with Crippen molar-refractivity contribution in [2.75, 3.05) is 23.0 Å². The fourth-order valence-electron chi connectivity index (χ4n) is 7.82. The van der Waals surface area contributed by atoms with Crippen molar-refractivity contribution < 1.29 is 28.3 Å². The monoisotopic (exact) mass is 663 g/mol. The van der Waals surface area contributed by atoms with Crippen molar-refractivity contribution in [2.24, 2.45) is 5.92 Å². The number of benzene rings is 3. The number of carbonyl (C=O) groups excluding carboxylic acids is 3. The molecule has 2 fully saturated rings. The van der Waals surface area contributed by atoms with E-state index in [0.29, 0.717) is 28.5 Å². The number of aliphatic hydroxyl groups is 1. The predicted molar refractivity (Wildman–Crippen MR) is 178 cm³/mol. The topological polar surface area (TPSA) is 90.4 Å². The van der Waals surface area contributed by atoms with Gasteiger partial charge < -0.3 is 23.8 Å². The van der Waals surface area contributed by atoms with E-state index in [1.165, 1.54) is 0 Å². The molecule has 5 atom stereocenters. The van der Waals surface area contributed by atoms with E-state index in [2.05, 4.69) is 0 Å². The minimum Gasteiger partial charge on any atom is -0.394 e. The maximum absolute atomic E-state index is 16.2. The third kappa shape index (κ3) is 5.55. The van der Waals surface area contributed by atoms with E-state index in [4.69, 9.17) is 16.3 Å². The molecule has 8 nitrogen and oxygen atoms in total. The Labute approximate surface area is 274 Å². The van der Waals surface area contributed by atoms with Gasteiger partial charge in [-0.3, -0.25) is 19.3 Å². The first-order chi connectivity index (χ1) is 22.0. The first-order valence-corrected chi connectivity index (χ1v) is 19.1. The van der Waals surface area contributed by atoms with Crippen LogP contribution in [-0.2, 0) is 31.3 Å². The van der Waals surface area contributed by atoms with Crippen LogP contribution in [0.1, 0.15) is 37.3 Å². The molecule has 0 saturated carbocycles. The molecule has 6 rings (SSSR count). The zero-order valence-electron chi connectivity index (χ0n) is 26.2. The minimum atomic E-state index is -3.47. The highest BCUT2D eigenvalue weighted by atomic mass is 35.5. The lowest BCUT2D eigenvalue weighted by Crippen LogP contribution is -2.45. The highest BCUT2D eigenvalue weighted by Gasteiger charge is 2.67.